The molecule has 0 amide bonds. The fourth-order valence-corrected chi connectivity index (χ4v) is 3.02. The van der Waals surface area contributed by atoms with Crippen LogP contribution >= 0.6 is 11.8 Å². The van der Waals surface area contributed by atoms with E-state index in [-0.39, 0.29) is 0 Å². The Morgan fingerprint density at radius 2 is 1.90 bits per heavy atom. The van der Waals surface area contributed by atoms with E-state index in [1.165, 1.54) is 10.5 Å². The van der Waals surface area contributed by atoms with Gasteiger partial charge in [0.25, 0.3) is 0 Å². The lowest BCUT2D eigenvalue weighted by atomic mass is 10.0. The Morgan fingerprint density at radius 3 is 2.52 bits per heavy atom. The predicted octanol–water partition coefficient (Wildman–Crippen LogP) is 4.06. The summed E-state index contributed by atoms with van der Waals surface area (Å²) in [6.07, 6.45) is 0. The van der Waals surface area contributed by atoms with Gasteiger partial charge in [-0.2, -0.15) is 0 Å². The number of hydrogen-bond acceptors (Lipinski definition) is 3. The Morgan fingerprint density at radius 1 is 1.24 bits per heavy atom. The average Bonchev–Trinajstić information content (AvgIpc) is 2.48. The highest BCUT2D eigenvalue weighted by Gasteiger charge is 2.13. The maximum Gasteiger partial charge on any atom is 0.310 e. The molecule has 3 nitrogen and oxygen atoms in total. The van der Waals surface area contributed by atoms with E-state index in [4.69, 9.17) is 10.8 Å². The van der Waals surface area contributed by atoms with Crippen molar-refractivity contribution in [2.45, 2.75) is 30.4 Å². The normalized spacial score (nSPS) is 12.1. The number of hydrogen-bond donors (Lipinski definition) is 2. The Bertz CT molecular complexity index is 638. The van der Waals surface area contributed by atoms with Crippen LogP contribution in [0.4, 0.5) is 5.69 Å². The number of nitrogen functional groups attached to an aromatic ring is 1. The summed E-state index contributed by atoms with van der Waals surface area (Å²) in [5, 5.41) is 9.00. The van der Waals surface area contributed by atoms with Crippen molar-refractivity contribution in [2.24, 2.45) is 0 Å². The summed E-state index contributed by atoms with van der Waals surface area (Å²) >= 11 is 1.74. The molecule has 2 aromatic rings. The van der Waals surface area contributed by atoms with Gasteiger partial charge in [0.05, 0.1) is 5.92 Å². The zero-order valence-electron chi connectivity index (χ0n) is 12.2. The average molecular weight is 301 g/mol. The molecule has 0 aliphatic rings. The Balaban J connectivity index is 2.04. The fraction of sp³-hybridized carbons (Fsp3) is 0.235. The summed E-state index contributed by atoms with van der Waals surface area (Å²) in [4.78, 5) is 12.1. The molecule has 0 aliphatic heterocycles. The molecule has 0 saturated heterocycles. The second-order valence-electron chi connectivity index (χ2n) is 5.06. The molecule has 2 rings (SSSR count). The molecule has 0 aromatic heterocycles. The van der Waals surface area contributed by atoms with E-state index in [0.717, 1.165) is 22.6 Å². The number of nitrogens with two attached hydrogens (primary N) is 1. The Labute approximate surface area is 129 Å². The third kappa shape index (κ3) is 3.79. The van der Waals surface area contributed by atoms with Crippen LogP contribution in [0.3, 0.4) is 0 Å². The van der Waals surface area contributed by atoms with Crippen LogP contribution in [0, 0.1) is 6.92 Å². The third-order valence-corrected chi connectivity index (χ3v) is 4.80. The maximum atomic E-state index is 10.9. The molecule has 1 unspecified atom stereocenters. The number of anilines is 1. The molecular weight excluding hydrogens is 282 g/mol. The van der Waals surface area contributed by atoms with Gasteiger partial charge < -0.3 is 10.8 Å². The van der Waals surface area contributed by atoms with Gasteiger partial charge in [-0.3, -0.25) is 4.79 Å². The van der Waals surface area contributed by atoms with Crippen LogP contribution in [0.2, 0.25) is 0 Å². The van der Waals surface area contributed by atoms with Crippen molar-refractivity contribution in [3.8, 4) is 0 Å². The van der Waals surface area contributed by atoms with Crippen LogP contribution in [0.5, 0.6) is 0 Å². The molecule has 0 bridgehead atoms. The minimum absolute atomic E-state index is 0.470. The summed E-state index contributed by atoms with van der Waals surface area (Å²) in [5.41, 5.74) is 9.82. The van der Waals surface area contributed by atoms with Crippen LogP contribution in [0.15, 0.2) is 47.4 Å². The zero-order valence-corrected chi connectivity index (χ0v) is 13.0. The van der Waals surface area contributed by atoms with Crippen molar-refractivity contribution in [1.82, 2.24) is 0 Å². The smallest absolute Gasteiger partial charge is 0.310 e. The van der Waals surface area contributed by atoms with Crippen molar-refractivity contribution in [3.05, 3.63) is 59.2 Å². The summed E-state index contributed by atoms with van der Waals surface area (Å²) in [5.74, 6) is -0.429. The molecule has 0 aliphatic carbocycles. The van der Waals surface area contributed by atoms with E-state index < -0.39 is 11.9 Å². The van der Waals surface area contributed by atoms with Crippen molar-refractivity contribution in [1.29, 1.82) is 0 Å². The Hall–Kier alpha value is -1.94. The quantitative estimate of drug-likeness (QED) is 0.646. The minimum atomic E-state index is -0.799. The lowest BCUT2D eigenvalue weighted by molar-refractivity contribution is -0.138. The first kappa shape index (κ1) is 15.4. The van der Waals surface area contributed by atoms with Crippen LogP contribution in [-0.2, 0) is 10.5 Å². The maximum absolute atomic E-state index is 10.9. The van der Waals surface area contributed by atoms with Gasteiger partial charge in [0.1, 0.15) is 0 Å². The highest BCUT2D eigenvalue weighted by molar-refractivity contribution is 7.98. The predicted molar refractivity (Wildman–Crippen MR) is 87.6 cm³/mol. The number of aliphatic carboxylic acids is 1. The molecule has 110 valence electrons. The van der Waals surface area contributed by atoms with Gasteiger partial charge in [-0.15, -0.1) is 11.8 Å². The molecule has 0 saturated carbocycles. The highest BCUT2D eigenvalue weighted by atomic mass is 32.2. The summed E-state index contributed by atoms with van der Waals surface area (Å²) < 4.78 is 0. The minimum Gasteiger partial charge on any atom is -0.481 e. The monoisotopic (exact) mass is 301 g/mol. The molecule has 4 heteroatoms. The number of rotatable bonds is 5. The van der Waals surface area contributed by atoms with E-state index in [1.54, 1.807) is 18.7 Å². The molecule has 2 aromatic carbocycles. The largest absolute Gasteiger partial charge is 0.481 e. The molecule has 3 N–H and O–H groups in total. The number of carboxylic acid groups (broad SMARTS) is 1. The van der Waals surface area contributed by atoms with Crippen molar-refractivity contribution >= 4 is 23.4 Å². The van der Waals surface area contributed by atoms with E-state index in [0.29, 0.717) is 0 Å². The van der Waals surface area contributed by atoms with Gasteiger partial charge >= 0.3 is 5.97 Å². The van der Waals surface area contributed by atoms with Crippen LogP contribution in [-0.4, -0.2) is 11.1 Å². The van der Waals surface area contributed by atoms with Gasteiger partial charge in [0.2, 0.25) is 0 Å². The summed E-state index contributed by atoms with van der Waals surface area (Å²) in [6.45, 7) is 3.72. The molecule has 1 atom stereocenters. The SMILES string of the molecule is Cc1c(N)cccc1SCc1ccc(C(C)C(=O)O)cc1. The van der Waals surface area contributed by atoms with Gasteiger partial charge in [-0.1, -0.05) is 30.3 Å². The second-order valence-corrected chi connectivity index (χ2v) is 6.08. The van der Waals surface area contributed by atoms with E-state index >= 15 is 0 Å². The van der Waals surface area contributed by atoms with E-state index in [2.05, 4.69) is 6.07 Å². The first-order chi connectivity index (χ1) is 9.99. The molecule has 0 fully saturated rings. The van der Waals surface area contributed by atoms with Crippen molar-refractivity contribution < 1.29 is 9.90 Å². The summed E-state index contributed by atoms with van der Waals surface area (Å²) in [6, 6.07) is 13.7. The van der Waals surface area contributed by atoms with Gasteiger partial charge in [0.15, 0.2) is 0 Å². The number of carbonyl (C=O) groups is 1. The van der Waals surface area contributed by atoms with Crippen LogP contribution in [0.25, 0.3) is 0 Å². The number of benzene rings is 2. The van der Waals surface area contributed by atoms with Crippen molar-refractivity contribution in [3.63, 3.8) is 0 Å². The van der Waals surface area contributed by atoms with Gasteiger partial charge in [-0.25, -0.2) is 0 Å². The highest BCUT2D eigenvalue weighted by Crippen LogP contribution is 2.29. The molecular formula is C17H19NO2S. The lowest BCUT2D eigenvalue weighted by Gasteiger charge is -2.09. The van der Waals surface area contributed by atoms with Crippen molar-refractivity contribution in [2.75, 3.05) is 5.73 Å². The third-order valence-electron chi connectivity index (χ3n) is 3.57. The van der Waals surface area contributed by atoms with Gasteiger partial charge in [-0.05, 0) is 42.7 Å². The second kappa shape index (κ2) is 6.68. The molecule has 0 radical (unpaired) electrons. The molecule has 21 heavy (non-hydrogen) atoms. The Kier molecular flexibility index (Phi) is 4.91. The van der Waals surface area contributed by atoms with Crippen LogP contribution in [0.1, 0.15) is 29.5 Å². The standard InChI is InChI=1S/C17H19NO2S/c1-11(17(19)20)14-8-6-13(7-9-14)10-21-16-5-3-4-15(18)12(16)2/h3-9,11H,10,18H2,1-2H3,(H,19,20). The molecule has 0 spiro atoms. The van der Waals surface area contributed by atoms with E-state index in [9.17, 15) is 4.79 Å². The molecule has 0 heterocycles. The topological polar surface area (TPSA) is 63.3 Å². The summed E-state index contributed by atoms with van der Waals surface area (Å²) in [7, 11) is 0. The lowest BCUT2D eigenvalue weighted by Crippen LogP contribution is -2.07. The number of carboxylic acids is 1. The van der Waals surface area contributed by atoms with Gasteiger partial charge in [0, 0.05) is 16.3 Å². The fourth-order valence-electron chi connectivity index (χ4n) is 1.99. The first-order valence-electron chi connectivity index (χ1n) is 6.78. The zero-order chi connectivity index (χ0) is 15.4. The van der Waals surface area contributed by atoms with Crippen LogP contribution < -0.4 is 5.73 Å². The van der Waals surface area contributed by atoms with E-state index in [1.807, 2.05) is 43.3 Å². The number of thioether (sulfide) groups is 1. The first-order valence-corrected chi connectivity index (χ1v) is 7.77.